The smallest absolute Gasteiger partial charge is 0.324 e. The summed E-state index contributed by atoms with van der Waals surface area (Å²) >= 11 is 0. The van der Waals surface area contributed by atoms with E-state index in [4.69, 9.17) is 5.73 Å². The molecule has 17 heavy (non-hydrogen) atoms. The van der Waals surface area contributed by atoms with Crippen molar-refractivity contribution in [2.24, 2.45) is 5.73 Å². The quantitative estimate of drug-likeness (QED) is 0.471. The first-order chi connectivity index (χ1) is 7.67. The van der Waals surface area contributed by atoms with Gasteiger partial charge >= 0.3 is 11.8 Å². The predicted molar refractivity (Wildman–Crippen MR) is 64.3 cm³/mol. The molecule has 0 radical (unpaired) electrons. The molecule has 0 aromatic carbocycles. The zero-order chi connectivity index (χ0) is 13.3. The van der Waals surface area contributed by atoms with Gasteiger partial charge in [0.1, 0.15) is 0 Å². The largest absolute Gasteiger partial charge is 0.361 e. The molecule has 1 aliphatic heterocycles. The van der Waals surface area contributed by atoms with Crippen molar-refractivity contribution in [3.63, 3.8) is 0 Å². The zero-order valence-corrected chi connectivity index (χ0v) is 11.0. The summed E-state index contributed by atoms with van der Waals surface area (Å²) in [6.07, 6.45) is 3.19. The standard InChI is InChI=1S/C11H22N4O2/c1-10(2)6-5-7-11(3,4)15(10)14-13-9(17)8(12)16/h14H,5-7H2,1-4H3,(H2,12,16)(H,13,17). The Hall–Kier alpha value is -1.14. The highest BCUT2D eigenvalue weighted by atomic mass is 16.2. The van der Waals surface area contributed by atoms with E-state index in [9.17, 15) is 9.59 Å². The molecule has 0 aromatic rings. The van der Waals surface area contributed by atoms with Gasteiger partial charge in [-0.1, -0.05) is 0 Å². The molecule has 6 heteroatoms. The Balaban J connectivity index is 2.71. The van der Waals surface area contributed by atoms with Crippen molar-refractivity contribution in [2.75, 3.05) is 0 Å². The number of nitrogens with one attached hydrogen (secondary N) is 2. The summed E-state index contributed by atoms with van der Waals surface area (Å²) < 4.78 is 0. The molecule has 98 valence electrons. The summed E-state index contributed by atoms with van der Waals surface area (Å²) in [5.41, 5.74) is 9.84. The maximum Gasteiger partial charge on any atom is 0.324 e. The monoisotopic (exact) mass is 242 g/mol. The van der Waals surface area contributed by atoms with Crippen LogP contribution < -0.4 is 16.7 Å². The van der Waals surface area contributed by atoms with Crippen LogP contribution >= 0.6 is 0 Å². The second-order valence-corrected chi connectivity index (χ2v) is 5.74. The average molecular weight is 242 g/mol. The molecular formula is C11H22N4O2. The van der Waals surface area contributed by atoms with Gasteiger partial charge in [0.05, 0.1) is 0 Å². The average Bonchev–Trinajstić information content (AvgIpc) is 2.14. The number of nitrogens with zero attached hydrogens (tertiary/aromatic N) is 1. The van der Waals surface area contributed by atoms with Gasteiger partial charge in [0.15, 0.2) is 0 Å². The van der Waals surface area contributed by atoms with Gasteiger partial charge in [-0.3, -0.25) is 15.0 Å². The van der Waals surface area contributed by atoms with Crippen LogP contribution in [-0.2, 0) is 9.59 Å². The lowest BCUT2D eigenvalue weighted by Gasteiger charge is -2.52. The Morgan fingerprint density at radius 3 is 2.00 bits per heavy atom. The Kier molecular flexibility index (Phi) is 3.78. The third kappa shape index (κ3) is 3.17. The van der Waals surface area contributed by atoms with Gasteiger partial charge < -0.3 is 5.73 Å². The van der Waals surface area contributed by atoms with Crippen molar-refractivity contribution in [1.29, 1.82) is 0 Å². The van der Waals surface area contributed by atoms with Crippen LogP contribution in [0, 0.1) is 0 Å². The lowest BCUT2D eigenvalue weighted by molar-refractivity contribution is -0.142. The SMILES string of the molecule is CC1(C)CCCC(C)(C)N1NNC(=O)C(N)=O. The Bertz CT molecular complexity index is 309. The predicted octanol–water partition coefficient (Wildman–Crippen LogP) is 0.0506. The van der Waals surface area contributed by atoms with Crippen LogP contribution in [0.4, 0.5) is 0 Å². The minimum absolute atomic E-state index is 0.0906. The van der Waals surface area contributed by atoms with Gasteiger partial charge in [0.25, 0.3) is 0 Å². The van der Waals surface area contributed by atoms with E-state index in [1.54, 1.807) is 0 Å². The molecule has 0 saturated carbocycles. The molecule has 0 spiro atoms. The Morgan fingerprint density at radius 2 is 1.59 bits per heavy atom. The molecule has 0 bridgehead atoms. The first-order valence-electron chi connectivity index (χ1n) is 5.82. The summed E-state index contributed by atoms with van der Waals surface area (Å²) in [4.78, 5) is 21.8. The molecule has 0 aliphatic carbocycles. The first kappa shape index (κ1) is 13.9. The fraction of sp³-hybridized carbons (Fsp3) is 0.818. The minimum atomic E-state index is -0.995. The van der Waals surface area contributed by atoms with Crippen molar-refractivity contribution in [3.8, 4) is 0 Å². The number of hydrogen-bond donors (Lipinski definition) is 3. The summed E-state index contributed by atoms with van der Waals surface area (Å²) in [5, 5.41) is 1.98. The fourth-order valence-corrected chi connectivity index (χ4v) is 2.47. The highest BCUT2D eigenvalue weighted by molar-refractivity contribution is 6.34. The summed E-state index contributed by atoms with van der Waals surface area (Å²) in [7, 11) is 0. The topological polar surface area (TPSA) is 87.5 Å². The van der Waals surface area contributed by atoms with E-state index in [0.717, 1.165) is 19.3 Å². The fourth-order valence-electron chi connectivity index (χ4n) is 2.47. The normalized spacial score (nSPS) is 23.1. The Labute approximate surface area is 102 Å². The van der Waals surface area contributed by atoms with Crippen molar-refractivity contribution in [2.45, 2.75) is 58.0 Å². The van der Waals surface area contributed by atoms with Gasteiger partial charge in [-0.15, -0.1) is 0 Å². The lowest BCUT2D eigenvalue weighted by atomic mass is 9.82. The van der Waals surface area contributed by atoms with E-state index in [2.05, 4.69) is 38.7 Å². The number of hydrazine groups is 2. The molecule has 1 heterocycles. The molecule has 1 rings (SSSR count). The van der Waals surface area contributed by atoms with E-state index < -0.39 is 11.8 Å². The van der Waals surface area contributed by atoms with Crippen molar-refractivity contribution in [1.82, 2.24) is 16.0 Å². The van der Waals surface area contributed by atoms with Crippen molar-refractivity contribution >= 4 is 11.8 Å². The third-order valence-electron chi connectivity index (χ3n) is 3.29. The van der Waals surface area contributed by atoms with Crippen LogP contribution in [0.5, 0.6) is 0 Å². The molecule has 2 amide bonds. The highest BCUT2D eigenvalue weighted by Gasteiger charge is 2.41. The van der Waals surface area contributed by atoms with Gasteiger partial charge in [-0.05, 0) is 47.0 Å². The summed E-state index contributed by atoms with van der Waals surface area (Å²) in [5.74, 6) is -1.83. The van der Waals surface area contributed by atoms with Crippen LogP contribution in [0.15, 0.2) is 0 Å². The van der Waals surface area contributed by atoms with Crippen LogP contribution in [0.1, 0.15) is 47.0 Å². The first-order valence-corrected chi connectivity index (χ1v) is 5.82. The third-order valence-corrected chi connectivity index (χ3v) is 3.29. The van der Waals surface area contributed by atoms with E-state index in [1.807, 2.05) is 5.01 Å². The van der Waals surface area contributed by atoms with E-state index in [1.165, 1.54) is 0 Å². The second-order valence-electron chi connectivity index (χ2n) is 5.74. The second kappa shape index (κ2) is 4.62. The van der Waals surface area contributed by atoms with Crippen molar-refractivity contribution < 1.29 is 9.59 Å². The van der Waals surface area contributed by atoms with Crippen LogP contribution in [0.2, 0.25) is 0 Å². The maximum absolute atomic E-state index is 11.1. The van der Waals surface area contributed by atoms with Gasteiger partial charge in [-0.25, -0.2) is 5.01 Å². The highest BCUT2D eigenvalue weighted by Crippen LogP contribution is 2.35. The Morgan fingerprint density at radius 1 is 1.12 bits per heavy atom. The van der Waals surface area contributed by atoms with E-state index >= 15 is 0 Å². The van der Waals surface area contributed by atoms with Gasteiger partial charge in [-0.2, -0.15) is 5.53 Å². The number of nitrogens with two attached hydrogens (primary N) is 1. The van der Waals surface area contributed by atoms with E-state index in [-0.39, 0.29) is 11.1 Å². The minimum Gasteiger partial charge on any atom is -0.361 e. The number of primary amides is 1. The molecule has 1 aliphatic rings. The van der Waals surface area contributed by atoms with E-state index in [0.29, 0.717) is 0 Å². The molecule has 0 aromatic heterocycles. The zero-order valence-electron chi connectivity index (χ0n) is 11.0. The van der Waals surface area contributed by atoms with Crippen LogP contribution in [0.25, 0.3) is 0 Å². The lowest BCUT2D eigenvalue weighted by Crippen LogP contribution is -2.68. The number of hydrogen-bond acceptors (Lipinski definition) is 4. The van der Waals surface area contributed by atoms with Crippen molar-refractivity contribution in [3.05, 3.63) is 0 Å². The maximum atomic E-state index is 11.1. The van der Waals surface area contributed by atoms with Crippen LogP contribution in [0.3, 0.4) is 0 Å². The molecule has 0 atom stereocenters. The molecule has 0 unspecified atom stereocenters. The molecule has 1 saturated heterocycles. The summed E-state index contributed by atoms with van der Waals surface area (Å²) in [6.45, 7) is 8.38. The number of carbonyl (C=O) groups excluding carboxylic acids is 2. The van der Waals surface area contributed by atoms with Crippen LogP contribution in [-0.4, -0.2) is 27.9 Å². The summed E-state index contributed by atoms with van der Waals surface area (Å²) in [6, 6.07) is 0. The van der Waals surface area contributed by atoms with Gasteiger partial charge in [0.2, 0.25) is 0 Å². The molecule has 6 nitrogen and oxygen atoms in total. The number of carbonyl (C=O) groups is 2. The molecular weight excluding hydrogens is 220 g/mol. The van der Waals surface area contributed by atoms with Gasteiger partial charge in [0, 0.05) is 11.1 Å². The number of rotatable bonds is 2. The number of amides is 2. The molecule has 4 N–H and O–H groups in total. The number of piperidine rings is 1. The molecule has 1 fully saturated rings.